The summed E-state index contributed by atoms with van der Waals surface area (Å²) in [5.74, 6) is 0.463. The third kappa shape index (κ3) is 3.39. The summed E-state index contributed by atoms with van der Waals surface area (Å²) in [6, 6.07) is 8.78. The van der Waals surface area contributed by atoms with E-state index in [4.69, 9.17) is 22.7 Å². The van der Waals surface area contributed by atoms with Crippen LogP contribution in [0.25, 0.3) is 0 Å². The molecule has 0 unspecified atom stereocenters. The maximum absolute atomic E-state index is 13.6. The molecule has 0 fully saturated rings. The van der Waals surface area contributed by atoms with Gasteiger partial charge in [-0.25, -0.2) is 4.39 Å². The molecule has 0 aliphatic heterocycles. The molecule has 21 heavy (non-hydrogen) atoms. The summed E-state index contributed by atoms with van der Waals surface area (Å²) in [5.41, 5.74) is 9.97. The summed E-state index contributed by atoms with van der Waals surface area (Å²) in [6.45, 7) is 6.43. The Morgan fingerprint density at radius 3 is 2.48 bits per heavy atom. The minimum absolute atomic E-state index is 0.0530. The van der Waals surface area contributed by atoms with Crippen LogP contribution < -0.4 is 10.5 Å². The fraction of sp³-hybridized carbons (Fsp3) is 0.235. The van der Waals surface area contributed by atoms with E-state index < -0.39 is 5.82 Å². The number of nitrogens with two attached hydrogens (primary N) is 1. The van der Waals surface area contributed by atoms with Crippen LogP contribution in [0.1, 0.15) is 27.8 Å². The normalized spacial score (nSPS) is 10.5. The lowest BCUT2D eigenvalue weighted by molar-refractivity contribution is 0.301. The SMILES string of the molecule is Cc1ccc(C)c(OCc2ccc(F)c(C(N)=S)c2)c1C. The molecule has 0 radical (unpaired) electrons. The van der Waals surface area contributed by atoms with Crippen LogP contribution in [-0.2, 0) is 6.61 Å². The number of thiocarbonyl (C=S) groups is 1. The van der Waals surface area contributed by atoms with Gasteiger partial charge in [-0.1, -0.05) is 30.4 Å². The zero-order valence-corrected chi connectivity index (χ0v) is 13.2. The van der Waals surface area contributed by atoms with Crippen molar-refractivity contribution in [1.29, 1.82) is 0 Å². The highest BCUT2D eigenvalue weighted by Gasteiger charge is 2.09. The Labute approximate surface area is 129 Å². The largest absolute Gasteiger partial charge is 0.488 e. The lowest BCUT2D eigenvalue weighted by Crippen LogP contribution is -2.12. The molecule has 2 nitrogen and oxygen atoms in total. The van der Waals surface area contributed by atoms with E-state index in [-0.39, 0.29) is 10.6 Å². The quantitative estimate of drug-likeness (QED) is 0.868. The molecule has 4 heteroatoms. The zero-order valence-electron chi connectivity index (χ0n) is 12.4. The first-order valence-electron chi connectivity index (χ1n) is 6.68. The van der Waals surface area contributed by atoms with Crippen LogP contribution in [0, 0.1) is 26.6 Å². The molecule has 0 aliphatic rings. The number of halogens is 1. The Balaban J connectivity index is 2.23. The fourth-order valence-electron chi connectivity index (χ4n) is 2.15. The number of rotatable bonds is 4. The summed E-state index contributed by atoms with van der Waals surface area (Å²) in [7, 11) is 0. The summed E-state index contributed by atoms with van der Waals surface area (Å²) in [6.07, 6.45) is 0. The van der Waals surface area contributed by atoms with Crippen LogP contribution in [0.4, 0.5) is 4.39 Å². The van der Waals surface area contributed by atoms with Crippen molar-refractivity contribution >= 4 is 17.2 Å². The van der Waals surface area contributed by atoms with Crippen molar-refractivity contribution < 1.29 is 9.13 Å². The Kier molecular flexibility index (Phi) is 4.58. The maximum Gasteiger partial charge on any atom is 0.133 e. The molecular formula is C17H18FNOS. The Bertz CT molecular complexity index is 697. The van der Waals surface area contributed by atoms with Crippen molar-refractivity contribution in [3.05, 3.63) is 64.0 Å². The molecule has 2 rings (SSSR count). The van der Waals surface area contributed by atoms with Crippen LogP contribution in [0.15, 0.2) is 30.3 Å². The van der Waals surface area contributed by atoms with Gasteiger partial charge in [0, 0.05) is 5.56 Å². The fourth-order valence-corrected chi connectivity index (χ4v) is 2.31. The second-order valence-electron chi connectivity index (χ2n) is 5.12. The van der Waals surface area contributed by atoms with E-state index in [1.54, 1.807) is 12.1 Å². The zero-order chi connectivity index (χ0) is 15.6. The van der Waals surface area contributed by atoms with Gasteiger partial charge in [-0.15, -0.1) is 0 Å². The molecule has 0 aliphatic carbocycles. The van der Waals surface area contributed by atoms with E-state index in [0.29, 0.717) is 6.61 Å². The van der Waals surface area contributed by atoms with E-state index in [9.17, 15) is 4.39 Å². The van der Waals surface area contributed by atoms with Crippen molar-refractivity contribution in [1.82, 2.24) is 0 Å². The van der Waals surface area contributed by atoms with Crippen molar-refractivity contribution in [3.8, 4) is 5.75 Å². The molecule has 0 atom stereocenters. The summed E-state index contributed by atoms with van der Waals surface area (Å²) in [5, 5.41) is 0. The van der Waals surface area contributed by atoms with Crippen LogP contribution in [0.5, 0.6) is 5.75 Å². The van der Waals surface area contributed by atoms with Crippen molar-refractivity contribution in [2.45, 2.75) is 27.4 Å². The molecule has 0 bridgehead atoms. The highest BCUT2D eigenvalue weighted by Crippen LogP contribution is 2.26. The monoisotopic (exact) mass is 303 g/mol. The van der Waals surface area contributed by atoms with Crippen LogP contribution in [0.3, 0.4) is 0 Å². The van der Waals surface area contributed by atoms with E-state index in [0.717, 1.165) is 22.4 Å². The molecule has 0 saturated carbocycles. The number of aryl methyl sites for hydroxylation is 2. The van der Waals surface area contributed by atoms with Gasteiger partial charge < -0.3 is 10.5 Å². The highest BCUT2D eigenvalue weighted by atomic mass is 32.1. The van der Waals surface area contributed by atoms with E-state index in [2.05, 4.69) is 6.07 Å². The average Bonchev–Trinajstić information content (AvgIpc) is 2.44. The van der Waals surface area contributed by atoms with Gasteiger partial charge in [0.15, 0.2) is 0 Å². The van der Waals surface area contributed by atoms with Crippen molar-refractivity contribution in [2.24, 2.45) is 5.73 Å². The molecule has 0 aromatic heterocycles. The molecule has 110 valence electrons. The lowest BCUT2D eigenvalue weighted by Gasteiger charge is -2.14. The standard InChI is InChI=1S/C17H18FNOS/c1-10-4-5-11(2)16(12(10)3)20-9-13-6-7-15(18)14(8-13)17(19)21/h4-8H,9H2,1-3H3,(H2,19,21). The van der Waals surface area contributed by atoms with Gasteiger partial charge in [-0.05, 0) is 55.2 Å². The number of ether oxygens (including phenoxy) is 1. The number of hydrogen-bond acceptors (Lipinski definition) is 2. The highest BCUT2D eigenvalue weighted by molar-refractivity contribution is 7.80. The maximum atomic E-state index is 13.6. The van der Waals surface area contributed by atoms with E-state index in [1.165, 1.54) is 11.6 Å². The second-order valence-corrected chi connectivity index (χ2v) is 5.56. The summed E-state index contributed by atoms with van der Waals surface area (Å²) in [4.78, 5) is 0.0530. The van der Waals surface area contributed by atoms with E-state index in [1.807, 2.05) is 26.8 Å². The summed E-state index contributed by atoms with van der Waals surface area (Å²) >= 11 is 4.84. The minimum Gasteiger partial charge on any atom is -0.488 e. The first-order chi connectivity index (χ1) is 9.90. The van der Waals surface area contributed by atoms with Crippen molar-refractivity contribution in [3.63, 3.8) is 0 Å². The first kappa shape index (κ1) is 15.4. The minimum atomic E-state index is -0.408. The molecule has 0 spiro atoms. The topological polar surface area (TPSA) is 35.2 Å². The van der Waals surface area contributed by atoms with Gasteiger partial charge in [-0.2, -0.15) is 0 Å². The molecule has 2 N–H and O–H groups in total. The molecule has 2 aromatic rings. The lowest BCUT2D eigenvalue weighted by atomic mass is 10.1. The Morgan fingerprint density at radius 1 is 1.14 bits per heavy atom. The number of benzene rings is 2. The van der Waals surface area contributed by atoms with Gasteiger partial charge in [0.05, 0.1) is 0 Å². The average molecular weight is 303 g/mol. The third-order valence-electron chi connectivity index (χ3n) is 3.55. The van der Waals surface area contributed by atoms with Gasteiger partial charge in [0.1, 0.15) is 23.2 Å². The second kappa shape index (κ2) is 6.22. The third-order valence-corrected chi connectivity index (χ3v) is 3.77. The smallest absolute Gasteiger partial charge is 0.133 e. The summed E-state index contributed by atoms with van der Waals surface area (Å²) < 4.78 is 19.5. The van der Waals surface area contributed by atoms with Gasteiger partial charge in [0.25, 0.3) is 0 Å². The van der Waals surface area contributed by atoms with E-state index >= 15 is 0 Å². The predicted octanol–water partition coefficient (Wildman–Crippen LogP) is 3.96. The molecule has 0 saturated heterocycles. The Hall–Kier alpha value is -1.94. The van der Waals surface area contributed by atoms with Crippen LogP contribution in [-0.4, -0.2) is 4.99 Å². The van der Waals surface area contributed by atoms with Gasteiger partial charge in [0.2, 0.25) is 0 Å². The number of hydrogen-bond donors (Lipinski definition) is 1. The van der Waals surface area contributed by atoms with Crippen LogP contribution in [0.2, 0.25) is 0 Å². The Morgan fingerprint density at radius 2 is 1.81 bits per heavy atom. The van der Waals surface area contributed by atoms with Gasteiger partial charge >= 0.3 is 0 Å². The van der Waals surface area contributed by atoms with Crippen LogP contribution >= 0.6 is 12.2 Å². The predicted molar refractivity (Wildman–Crippen MR) is 87.3 cm³/mol. The molecule has 0 heterocycles. The molecular weight excluding hydrogens is 285 g/mol. The molecule has 0 amide bonds. The first-order valence-corrected chi connectivity index (χ1v) is 7.09. The molecule has 2 aromatic carbocycles. The van der Waals surface area contributed by atoms with Crippen molar-refractivity contribution in [2.75, 3.05) is 0 Å². The van der Waals surface area contributed by atoms with Gasteiger partial charge in [-0.3, -0.25) is 0 Å².